The Morgan fingerprint density at radius 2 is 1.79 bits per heavy atom. The molecule has 1 saturated heterocycles. The molecule has 7 nitrogen and oxygen atoms in total. The number of nitrogens with one attached hydrogen (secondary N) is 2. The average molecular weight is 423 g/mol. The molecule has 0 aromatic heterocycles. The first-order valence-electron chi connectivity index (χ1n) is 9.51. The SMILES string of the molecule is CCOc1ccc(S(=O)(=O)N2CC[NH+](CC(=O)Nc3ccccc3F)CC2)cc1. The molecule has 1 aliphatic rings. The summed E-state index contributed by atoms with van der Waals surface area (Å²) in [6.45, 7) is 4.17. The number of hydrogen-bond donors (Lipinski definition) is 2. The normalized spacial score (nSPS) is 15.8. The van der Waals surface area contributed by atoms with Crippen LogP contribution in [0, 0.1) is 5.82 Å². The van der Waals surface area contributed by atoms with E-state index in [1.54, 1.807) is 36.4 Å². The van der Waals surface area contributed by atoms with Crippen molar-refractivity contribution in [2.24, 2.45) is 0 Å². The lowest BCUT2D eigenvalue weighted by atomic mass is 10.3. The number of carbonyl (C=O) groups excluding carboxylic acids is 1. The fourth-order valence-electron chi connectivity index (χ4n) is 3.23. The fourth-order valence-corrected chi connectivity index (χ4v) is 4.67. The number of halogens is 1. The van der Waals surface area contributed by atoms with Crippen molar-refractivity contribution in [1.82, 2.24) is 4.31 Å². The van der Waals surface area contributed by atoms with Gasteiger partial charge in [0.1, 0.15) is 11.6 Å². The van der Waals surface area contributed by atoms with Crippen molar-refractivity contribution in [2.45, 2.75) is 11.8 Å². The smallest absolute Gasteiger partial charge is 0.279 e. The van der Waals surface area contributed by atoms with Gasteiger partial charge in [0.25, 0.3) is 5.91 Å². The number of para-hydroxylation sites is 1. The number of nitrogens with zero attached hydrogens (tertiary/aromatic N) is 1. The lowest BCUT2D eigenvalue weighted by Crippen LogP contribution is -3.15. The van der Waals surface area contributed by atoms with Crippen molar-refractivity contribution >= 4 is 21.6 Å². The molecule has 1 fully saturated rings. The third kappa shape index (κ3) is 5.31. The van der Waals surface area contributed by atoms with Crippen LogP contribution in [-0.2, 0) is 14.8 Å². The Hall–Kier alpha value is -2.49. The van der Waals surface area contributed by atoms with Crippen LogP contribution in [0.5, 0.6) is 5.75 Å². The van der Waals surface area contributed by atoms with Crippen LogP contribution in [-0.4, -0.2) is 58.0 Å². The van der Waals surface area contributed by atoms with Crippen LogP contribution >= 0.6 is 0 Å². The van der Waals surface area contributed by atoms with Gasteiger partial charge in [-0.05, 0) is 43.3 Å². The number of anilines is 1. The molecular weight excluding hydrogens is 397 g/mol. The van der Waals surface area contributed by atoms with Gasteiger partial charge in [-0.3, -0.25) is 4.79 Å². The number of hydrogen-bond acceptors (Lipinski definition) is 4. The predicted octanol–water partition coefficient (Wildman–Crippen LogP) is 0.752. The first-order chi connectivity index (χ1) is 13.9. The summed E-state index contributed by atoms with van der Waals surface area (Å²) in [5, 5.41) is 2.56. The molecule has 9 heteroatoms. The number of ether oxygens (including phenoxy) is 1. The minimum Gasteiger partial charge on any atom is -0.494 e. The summed E-state index contributed by atoms with van der Waals surface area (Å²) in [5.41, 5.74) is 0.147. The molecule has 0 saturated carbocycles. The second kappa shape index (κ2) is 9.34. The maximum absolute atomic E-state index is 13.6. The monoisotopic (exact) mass is 422 g/mol. The van der Waals surface area contributed by atoms with Gasteiger partial charge in [-0.2, -0.15) is 4.31 Å². The van der Waals surface area contributed by atoms with E-state index in [0.29, 0.717) is 38.5 Å². The highest BCUT2D eigenvalue weighted by molar-refractivity contribution is 7.89. The lowest BCUT2D eigenvalue weighted by Gasteiger charge is -2.31. The van der Waals surface area contributed by atoms with E-state index >= 15 is 0 Å². The van der Waals surface area contributed by atoms with E-state index in [2.05, 4.69) is 5.32 Å². The van der Waals surface area contributed by atoms with E-state index in [4.69, 9.17) is 4.74 Å². The van der Waals surface area contributed by atoms with Crippen LogP contribution in [0.15, 0.2) is 53.4 Å². The topological polar surface area (TPSA) is 80.2 Å². The molecule has 3 rings (SSSR count). The summed E-state index contributed by atoms with van der Waals surface area (Å²) in [6, 6.07) is 12.4. The fraction of sp³-hybridized carbons (Fsp3) is 0.350. The zero-order chi connectivity index (χ0) is 20.9. The minimum atomic E-state index is -3.59. The number of piperazine rings is 1. The van der Waals surface area contributed by atoms with Crippen molar-refractivity contribution in [3.05, 3.63) is 54.3 Å². The van der Waals surface area contributed by atoms with Crippen LogP contribution in [0.1, 0.15) is 6.92 Å². The van der Waals surface area contributed by atoms with Crippen LogP contribution in [0.25, 0.3) is 0 Å². The van der Waals surface area contributed by atoms with E-state index in [9.17, 15) is 17.6 Å². The van der Waals surface area contributed by atoms with E-state index in [1.807, 2.05) is 6.92 Å². The molecule has 156 valence electrons. The first kappa shape index (κ1) is 21.2. The summed E-state index contributed by atoms with van der Waals surface area (Å²) in [6.07, 6.45) is 0. The molecule has 1 aliphatic heterocycles. The second-order valence-corrected chi connectivity index (χ2v) is 8.70. The molecule has 0 atom stereocenters. The van der Waals surface area contributed by atoms with E-state index in [0.717, 1.165) is 4.90 Å². The Bertz CT molecular complexity index is 942. The third-order valence-corrected chi connectivity index (χ3v) is 6.67. The quantitative estimate of drug-likeness (QED) is 0.690. The van der Waals surface area contributed by atoms with E-state index in [-0.39, 0.29) is 23.0 Å². The standard InChI is InChI=1S/C20H24FN3O4S/c1-2-28-16-7-9-17(10-8-16)29(26,27)24-13-11-23(12-14-24)15-20(25)22-19-6-4-3-5-18(19)21/h3-10H,2,11-15H2,1H3,(H,22,25)/p+1. The maximum atomic E-state index is 13.6. The number of rotatable bonds is 7. The summed E-state index contributed by atoms with van der Waals surface area (Å²) < 4.78 is 46.1. The van der Waals surface area contributed by atoms with Gasteiger partial charge < -0.3 is 15.0 Å². The zero-order valence-corrected chi connectivity index (χ0v) is 17.0. The molecule has 0 bridgehead atoms. The third-order valence-electron chi connectivity index (χ3n) is 4.76. The Labute approximate surface area is 170 Å². The summed E-state index contributed by atoms with van der Waals surface area (Å²) in [5.74, 6) is -0.156. The molecule has 2 aromatic rings. The van der Waals surface area contributed by atoms with Crippen molar-refractivity contribution in [3.8, 4) is 5.75 Å². The minimum absolute atomic E-state index is 0.147. The van der Waals surface area contributed by atoms with Gasteiger partial charge in [-0.1, -0.05) is 12.1 Å². The largest absolute Gasteiger partial charge is 0.494 e. The maximum Gasteiger partial charge on any atom is 0.279 e. The second-order valence-electron chi connectivity index (χ2n) is 6.76. The molecule has 0 radical (unpaired) electrons. The predicted molar refractivity (Wildman–Crippen MR) is 107 cm³/mol. The number of carbonyl (C=O) groups is 1. The van der Waals surface area contributed by atoms with E-state index in [1.165, 1.54) is 16.4 Å². The molecule has 1 amide bonds. The zero-order valence-electron chi connectivity index (χ0n) is 16.2. The molecule has 0 spiro atoms. The van der Waals surface area contributed by atoms with Crippen molar-refractivity contribution < 1.29 is 27.2 Å². The van der Waals surface area contributed by atoms with Gasteiger partial charge >= 0.3 is 0 Å². The number of sulfonamides is 1. The first-order valence-corrected chi connectivity index (χ1v) is 10.9. The summed E-state index contributed by atoms with van der Waals surface area (Å²) in [4.78, 5) is 13.4. The molecule has 0 unspecified atom stereocenters. The molecule has 0 aliphatic carbocycles. The molecule has 1 heterocycles. The molecular formula is C20H25FN3O4S+. The van der Waals surface area contributed by atoms with Crippen molar-refractivity contribution in [2.75, 3.05) is 44.6 Å². The van der Waals surface area contributed by atoms with Crippen LogP contribution in [0.3, 0.4) is 0 Å². The van der Waals surface area contributed by atoms with Gasteiger partial charge in [0.2, 0.25) is 10.0 Å². The van der Waals surface area contributed by atoms with Crippen molar-refractivity contribution in [1.29, 1.82) is 0 Å². The van der Waals surface area contributed by atoms with Gasteiger partial charge in [-0.15, -0.1) is 0 Å². The van der Waals surface area contributed by atoms with Crippen LogP contribution in [0.2, 0.25) is 0 Å². The average Bonchev–Trinajstić information content (AvgIpc) is 2.71. The highest BCUT2D eigenvalue weighted by Crippen LogP contribution is 2.19. The number of benzene rings is 2. The summed E-state index contributed by atoms with van der Waals surface area (Å²) in [7, 11) is -3.59. The van der Waals surface area contributed by atoms with Crippen LogP contribution in [0.4, 0.5) is 10.1 Å². The molecule has 29 heavy (non-hydrogen) atoms. The van der Waals surface area contributed by atoms with Gasteiger partial charge in [0, 0.05) is 0 Å². The highest BCUT2D eigenvalue weighted by Gasteiger charge is 2.31. The van der Waals surface area contributed by atoms with Crippen LogP contribution < -0.4 is 15.0 Å². The summed E-state index contributed by atoms with van der Waals surface area (Å²) >= 11 is 0. The van der Waals surface area contributed by atoms with Gasteiger partial charge in [0.05, 0.1) is 43.4 Å². The van der Waals surface area contributed by atoms with Crippen molar-refractivity contribution in [3.63, 3.8) is 0 Å². The van der Waals surface area contributed by atoms with Gasteiger partial charge in [0.15, 0.2) is 6.54 Å². The number of amides is 1. The van der Waals surface area contributed by atoms with E-state index < -0.39 is 15.8 Å². The lowest BCUT2D eigenvalue weighted by molar-refractivity contribution is -0.895. The molecule has 2 N–H and O–H groups in total. The Balaban J connectivity index is 1.54. The Kier molecular flexibility index (Phi) is 6.83. The number of quaternary nitrogens is 1. The van der Waals surface area contributed by atoms with Gasteiger partial charge in [-0.25, -0.2) is 12.8 Å². The Morgan fingerprint density at radius 1 is 1.14 bits per heavy atom. The Morgan fingerprint density at radius 3 is 2.41 bits per heavy atom. The highest BCUT2D eigenvalue weighted by atomic mass is 32.2. The molecule has 2 aromatic carbocycles.